The van der Waals surface area contributed by atoms with Gasteiger partial charge in [0.15, 0.2) is 0 Å². The van der Waals surface area contributed by atoms with Crippen LogP contribution in [0, 0.1) is 6.92 Å². The number of nitrogens with one attached hydrogen (secondary N) is 2. The maximum absolute atomic E-state index is 13.2. The number of aryl methyl sites for hydroxylation is 1. The molecule has 0 atom stereocenters. The van der Waals surface area contributed by atoms with E-state index in [1.165, 1.54) is 11.3 Å². The lowest BCUT2D eigenvalue weighted by Gasteiger charge is -2.46. The Morgan fingerprint density at radius 3 is 2.48 bits per heavy atom. The topological polar surface area (TPSA) is 76.0 Å². The fourth-order valence-electron chi connectivity index (χ4n) is 4.94. The van der Waals surface area contributed by atoms with Crippen LogP contribution in [0.5, 0.6) is 0 Å². The Kier molecular flexibility index (Phi) is 5.52. The summed E-state index contributed by atoms with van der Waals surface area (Å²) in [5.41, 5.74) is 1.53. The predicted octanol–water partition coefficient (Wildman–Crippen LogP) is 3.85. The molecular weight excluding hydrogens is 408 g/mol. The number of thiophene rings is 1. The summed E-state index contributed by atoms with van der Waals surface area (Å²) in [5.74, 6) is -0.118. The first-order valence-electron chi connectivity index (χ1n) is 10.7. The Bertz CT molecular complexity index is 1160. The number of nitrogens with zero attached hydrogens (tertiary/aromatic N) is 2. The molecule has 3 aromatic rings. The summed E-state index contributed by atoms with van der Waals surface area (Å²) in [7, 11) is 0. The second kappa shape index (κ2) is 7.88. The third kappa shape index (κ3) is 4.57. The van der Waals surface area contributed by atoms with Gasteiger partial charge in [0.25, 0.3) is 11.5 Å². The monoisotopic (exact) mass is 438 g/mol. The van der Waals surface area contributed by atoms with Gasteiger partial charge in [0.05, 0.1) is 23.1 Å². The van der Waals surface area contributed by atoms with Gasteiger partial charge in [-0.1, -0.05) is 30.3 Å². The average Bonchev–Trinajstić information content (AvgIpc) is 3.00. The third-order valence-corrected chi connectivity index (χ3v) is 7.04. The molecule has 31 heavy (non-hydrogen) atoms. The highest BCUT2D eigenvalue weighted by atomic mass is 32.1. The summed E-state index contributed by atoms with van der Waals surface area (Å²) < 4.78 is 1.61. The van der Waals surface area contributed by atoms with Crippen molar-refractivity contribution in [3.8, 4) is 0 Å². The van der Waals surface area contributed by atoms with Gasteiger partial charge >= 0.3 is 0 Å². The summed E-state index contributed by atoms with van der Waals surface area (Å²) >= 11 is 1.30. The Morgan fingerprint density at radius 2 is 1.84 bits per heavy atom. The fourth-order valence-corrected chi connectivity index (χ4v) is 5.99. The molecule has 164 valence electrons. The summed E-state index contributed by atoms with van der Waals surface area (Å²) in [6, 6.07) is 9.90. The number of piperidine rings is 1. The van der Waals surface area contributed by atoms with E-state index in [0.717, 1.165) is 18.4 Å². The van der Waals surface area contributed by atoms with E-state index in [1.807, 2.05) is 37.3 Å². The normalized spacial score (nSPS) is 18.2. The van der Waals surface area contributed by atoms with Crippen LogP contribution in [-0.2, 0) is 6.54 Å². The standard InChI is InChI=1S/C24H30N4O2S/c1-15-18-21(25-14-28(22(18)30)13-16-9-7-6-8-10-16)31-19(15)20(29)26-17-11-23(2,3)27-24(4,5)12-17/h6-10,14,17,27H,11-13H2,1-5H3,(H,26,29). The minimum atomic E-state index is -0.118. The lowest BCUT2D eigenvalue weighted by Crippen LogP contribution is -2.62. The molecule has 0 radical (unpaired) electrons. The minimum Gasteiger partial charge on any atom is -0.348 e. The maximum atomic E-state index is 13.2. The lowest BCUT2D eigenvalue weighted by molar-refractivity contribution is 0.0876. The van der Waals surface area contributed by atoms with Gasteiger partial charge in [-0.2, -0.15) is 0 Å². The van der Waals surface area contributed by atoms with Crippen molar-refractivity contribution >= 4 is 27.5 Å². The van der Waals surface area contributed by atoms with Crippen LogP contribution < -0.4 is 16.2 Å². The zero-order valence-corrected chi connectivity index (χ0v) is 19.6. The summed E-state index contributed by atoms with van der Waals surface area (Å²) in [6.45, 7) is 11.0. The van der Waals surface area contributed by atoms with Crippen LogP contribution in [0.4, 0.5) is 0 Å². The molecule has 1 saturated heterocycles. The minimum absolute atomic E-state index is 0.0539. The molecule has 0 aliphatic carbocycles. The Hall–Kier alpha value is -2.51. The van der Waals surface area contributed by atoms with Gasteiger partial charge in [0.1, 0.15) is 4.83 Å². The zero-order valence-electron chi connectivity index (χ0n) is 18.8. The molecule has 2 aromatic heterocycles. The van der Waals surface area contributed by atoms with E-state index < -0.39 is 0 Å². The number of hydrogen-bond donors (Lipinski definition) is 2. The third-order valence-electron chi connectivity index (χ3n) is 5.84. The summed E-state index contributed by atoms with van der Waals surface area (Å²) in [5, 5.41) is 7.40. The highest BCUT2D eigenvalue weighted by Gasteiger charge is 2.38. The Morgan fingerprint density at radius 1 is 1.19 bits per heavy atom. The SMILES string of the molecule is Cc1c(C(=O)NC2CC(C)(C)NC(C)(C)C2)sc2ncn(Cc3ccccc3)c(=O)c12. The van der Waals surface area contributed by atoms with E-state index in [9.17, 15) is 9.59 Å². The fraction of sp³-hybridized carbons (Fsp3) is 0.458. The van der Waals surface area contributed by atoms with Crippen LogP contribution in [0.2, 0.25) is 0 Å². The van der Waals surface area contributed by atoms with Crippen molar-refractivity contribution in [2.45, 2.75) is 71.1 Å². The van der Waals surface area contributed by atoms with Crippen molar-refractivity contribution in [1.82, 2.24) is 20.2 Å². The van der Waals surface area contributed by atoms with Crippen molar-refractivity contribution in [3.05, 3.63) is 63.0 Å². The predicted molar refractivity (Wildman–Crippen MR) is 126 cm³/mol. The first-order chi connectivity index (χ1) is 14.5. The first kappa shape index (κ1) is 21.7. The second-order valence-corrected chi connectivity index (χ2v) is 10.9. The van der Waals surface area contributed by atoms with Crippen molar-refractivity contribution in [1.29, 1.82) is 0 Å². The van der Waals surface area contributed by atoms with Gasteiger partial charge in [-0.15, -0.1) is 11.3 Å². The van der Waals surface area contributed by atoms with Crippen LogP contribution in [-0.4, -0.2) is 32.6 Å². The molecule has 6 nitrogen and oxygen atoms in total. The van der Waals surface area contributed by atoms with Crippen LogP contribution >= 0.6 is 11.3 Å². The van der Waals surface area contributed by atoms with Crippen LogP contribution in [0.1, 0.15) is 61.3 Å². The number of fused-ring (bicyclic) bond motifs is 1. The Balaban J connectivity index is 1.61. The molecule has 0 spiro atoms. The number of aromatic nitrogens is 2. The van der Waals surface area contributed by atoms with Crippen LogP contribution in [0.3, 0.4) is 0 Å². The Labute approximate surface area is 186 Å². The second-order valence-electron chi connectivity index (χ2n) is 9.87. The molecule has 0 unspecified atom stereocenters. The molecule has 3 heterocycles. The number of carbonyl (C=O) groups excluding carboxylic acids is 1. The van der Waals surface area contributed by atoms with Gasteiger partial charge in [-0.25, -0.2) is 4.98 Å². The highest BCUT2D eigenvalue weighted by Crippen LogP contribution is 2.30. The molecule has 2 N–H and O–H groups in total. The number of benzene rings is 1. The van der Waals surface area contributed by atoms with Crippen molar-refractivity contribution in [3.63, 3.8) is 0 Å². The van der Waals surface area contributed by atoms with Gasteiger partial charge in [0, 0.05) is 17.1 Å². The first-order valence-corrected chi connectivity index (χ1v) is 11.5. The molecule has 1 fully saturated rings. The molecule has 0 bridgehead atoms. The molecule has 7 heteroatoms. The van der Waals surface area contributed by atoms with E-state index in [0.29, 0.717) is 27.2 Å². The van der Waals surface area contributed by atoms with E-state index in [4.69, 9.17) is 0 Å². The van der Waals surface area contributed by atoms with Gasteiger partial charge in [-0.05, 0) is 58.6 Å². The zero-order chi connectivity index (χ0) is 22.4. The number of amides is 1. The molecule has 1 aliphatic heterocycles. The quantitative estimate of drug-likeness (QED) is 0.649. The molecule has 1 amide bonds. The van der Waals surface area contributed by atoms with E-state index in [2.05, 4.69) is 43.3 Å². The van der Waals surface area contributed by atoms with Crippen LogP contribution in [0.15, 0.2) is 41.5 Å². The number of carbonyl (C=O) groups is 1. The molecule has 1 aliphatic rings. The average molecular weight is 439 g/mol. The maximum Gasteiger partial charge on any atom is 0.262 e. The highest BCUT2D eigenvalue weighted by molar-refractivity contribution is 7.20. The van der Waals surface area contributed by atoms with E-state index in [-0.39, 0.29) is 28.6 Å². The van der Waals surface area contributed by atoms with Crippen molar-refractivity contribution < 1.29 is 4.79 Å². The van der Waals surface area contributed by atoms with E-state index in [1.54, 1.807) is 10.9 Å². The molecule has 4 rings (SSSR count). The lowest BCUT2D eigenvalue weighted by atomic mass is 9.79. The van der Waals surface area contributed by atoms with Gasteiger partial charge in [0.2, 0.25) is 0 Å². The smallest absolute Gasteiger partial charge is 0.262 e. The van der Waals surface area contributed by atoms with E-state index >= 15 is 0 Å². The molecule has 1 aromatic carbocycles. The number of rotatable bonds is 4. The number of hydrogen-bond acceptors (Lipinski definition) is 5. The molecular formula is C24H30N4O2S. The summed E-state index contributed by atoms with van der Waals surface area (Å²) in [6.07, 6.45) is 3.29. The van der Waals surface area contributed by atoms with Crippen molar-refractivity contribution in [2.75, 3.05) is 0 Å². The van der Waals surface area contributed by atoms with Gasteiger partial charge < -0.3 is 10.6 Å². The van der Waals surface area contributed by atoms with Crippen molar-refractivity contribution in [2.24, 2.45) is 0 Å². The largest absolute Gasteiger partial charge is 0.348 e. The summed E-state index contributed by atoms with van der Waals surface area (Å²) in [4.78, 5) is 32.0. The molecule has 0 saturated carbocycles. The van der Waals surface area contributed by atoms with Crippen LogP contribution in [0.25, 0.3) is 10.2 Å². The van der Waals surface area contributed by atoms with Gasteiger partial charge in [-0.3, -0.25) is 14.2 Å².